The summed E-state index contributed by atoms with van der Waals surface area (Å²) in [6, 6.07) is 27.6. The van der Waals surface area contributed by atoms with Crippen LogP contribution in [0.2, 0.25) is 0 Å². The molecule has 3 aromatic rings. The standard InChI is InChI=1S/C39H49N3O4/c1-6-46-37(45)39(28-31-13-9-7-10-14-31)21-23-42(24-22-39)36(44)34(41(5)35(43)25-29(2)27-38(3,4)40)26-30-17-19-33(20-18-30)32-15-11-8-12-16-32/h7-20,25,34H,6,21-24,26-28,40H2,1-5H3. The van der Waals surface area contributed by atoms with Crippen LogP contribution in [0.1, 0.15) is 58.1 Å². The van der Waals surface area contributed by atoms with Crippen molar-refractivity contribution in [2.45, 2.75) is 71.4 Å². The molecule has 7 nitrogen and oxygen atoms in total. The molecule has 1 heterocycles. The Morgan fingerprint density at radius 1 is 0.913 bits per heavy atom. The van der Waals surface area contributed by atoms with Crippen molar-refractivity contribution < 1.29 is 19.1 Å². The van der Waals surface area contributed by atoms with Crippen molar-refractivity contribution >= 4 is 17.8 Å². The van der Waals surface area contributed by atoms with E-state index in [1.54, 1.807) is 18.0 Å². The van der Waals surface area contributed by atoms with Crippen LogP contribution in [0, 0.1) is 5.41 Å². The van der Waals surface area contributed by atoms with Gasteiger partial charge >= 0.3 is 5.97 Å². The summed E-state index contributed by atoms with van der Waals surface area (Å²) in [6.45, 7) is 8.69. The highest BCUT2D eigenvalue weighted by molar-refractivity contribution is 5.93. The third-order valence-electron chi connectivity index (χ3n) is 8.82. The van der Waals surface area contributed by atoms with E-state index in [4.69, 9.17) is 10.5 Å². The van der Waals surface area contributed by atoms with Crippen LogP contribution in [0.15, 0.2) is 96.6 Å². The summed E-state index contributed by atoms with van der Waals surface area (Å²) in [7, 11) is 1.70. The molecule has 1 unspecified atom stereocenters. The van der Waals surface area contributed by atoms with E-state index in [-0.39, 0.29) is 17.8 Å². The maximum Gasteiger partial charge on any atom is 0.312 e. The lowest BCUT2D eigenvalue weighted by atomic mass is 9.73. The van der Waals surface area contributed by atoms with Crippen molar-refractivity contribution in [1.82, 2.24) is 9.80 Å². The quantitative estimate of drug-likeness (QED) is 0.191. The summed E-state index contributed by atoms with van der Waals surface area (Å²) in [5.74, 6) is -0.565. The fraction of sp³-hybridized carbons (Fsp3) is 0.410. The molecule has 0 spiro atoms. The SMILES string of the molecule is CCOC(=O)C1(Cc2ccccc2)CCN(C(=O)C(Cc2ccc(-c3ccccc3)cc2)N(C)C(=O)C=C(C)CC(C)(C)N)CC1. The lowest BCUT2D eigenvalue weighted by Crippen LogP contribution is -2.54. The average Bonchev–Trinajstić information content (AvgIpc) is 3.03. The number of likely N-dealkylation sites (tertiary alicyclic amines) is 1. The first-order valence-electron chi connectivity index (χ1n) is 16.3. The topological polar surface area (TPSA) is 92.9 Å². The Balaban J connectivity index is 1.57. The number of hydrogen-bond donors (Lipinski definition) is 1. The molecule has 7 heteroatoms. The zero-order valence-corrected chi connectivity index (χ0v) is 28.0. The van der Waals surface area contributed by atoms with Crippen LogP contribution in [-0.2, 0) is 32.0 Å². The number of nitrogens with zero attached hydrogens (tertiary/aromatic N) is 2. The number of esters is 1. The van der Waals surface area contributed by atoms with E-state index in [0.29, 0.717) is 51.8 Å². The molecule has 1 atom stereocenters. The summed E-state index contributed by atoms with van der Waals surface area (Å²) in [4.78, 5) is 44.5. The number of piperidine rings is 1. The molecule has 0 aromatic heterocycles. The molecule has 0 saturated carbocycles. The highest BCUT2D eigenvalue weighted by Gasteiger charge is 2.44. The summed E-state index contributed by atoms with van der Waals surface area (Å²) < 4.78 is 5.55. The van der Waals surface area contributed by atoms with E-state index in [1.165, 1.54) is 0 Å². The maximum absolute atomic E-state index is 14.3. The fourth-order valence-corrected chi connectivity index (χ4v) is 6.40. The molecule has 1 fully saturated rings. The number of benzene rings is 3. The number of nitrogens with two attached hydrogens (primary N) is 1. The minimum absolute atomic E-state index is 0.120. The van der Waals surface area contributed by atoms with Crippen LogP contribution in [0.5, 0.6) is 0 Å². The maximum atomic E-state index is 14.3. The molecule has 0 radical (unpaired) electrons. The summed E-state index contributed by atoms with van der Waals surface area (Å²) in [5, 5.41) is 0. The Labute approximate surface area is 274 Å². The van der Waals surface area contributed by atoms with Gasteiger partial charge in [0.1, 0.15) is 6.04 Å². The molecule has 46 heavy (non-hydrogen) atoms. The molecule has 4 rings (SSSR count). The minimum Gasteiger partial charge on any atom is -0.466 e. The van der Waals surface area contributed by atoms with Crippen molar-refractivity contribution in [3.8, 4) is 11.1 Å². The van der Waals surface area contributed by atoms with Crippen LogP contribution in [0.4, 0.5) is 0 Å². The molecule has 1 saturated heterocycles. The first kappa shape index (κ1) is 34.6. The first-order chi connectivity index (χ1) is 21.9. The summed E-state index contributed by atoms with van der Waals surface area (Å²) in [5.41, 5.74) is 10.1. The van der Waals surface area contributed by atoms with Crippen molar-refractivity contribution in [3.05, 3.63) is 108 Å². The predicted octanol–water partition coefficient (Wildman–Crippen LogP) is 6.21. The second-order valence-corrected chi connectivity index (χ2v) is 13.4. The van der Waals surface area contributed by atoms with Crippen molar-refractivity contribution in [2.75, 3.05) is 26.7 Å². The number of likely N-dealkylation sites (N-methyl/N-ethyl adjacent to an activating group) is 1. The third-order valence-corrected chi connectivity index (χ3v) is 8.82. The Hall–Kier alpha value is -4.23. The number of amides is 2. The lowest BCUT2D eigenvalue weighted by molar-refractivity contribution is -0.161. The van der Waals surface area contributed by atoms with Gasteiger partial charge in [0.15, 0.2) is 0 Å². The molecular formula is C39H49N3O4. The smallest absolute Gasteiger partial charge is 0.312 e. The van der Waals surface area contributed by atoms with Gasteiger partial charge in [-0.1, -0.05) is 90.5 Å². The van der Waals surface area contributed by atoms with Gasteiger partial charge in [0.05, 0.1) is 12.0 Å². The van der Waals surface area contributed by atoms with E-state index < -0.39 is 17.0 Å². The first-order valence-corrected chi connectivity index (χ1v) is 16.3. The van der Waals surface area contributed by atoms with E-state index in [9.17, 15) is 14.4 Å². The average molecular weight is 624 g/mol. The fourth-order valence-electron chi connectivity index (χ4n) is 6.40. The van der Waals surface area contributed by atoms with Crippen molar-refractivity contribution in [3.63, 3.8) is 0 Å². The van der Waals surface area contributed by atoms with E-state index in [1.807, 2.05) is 93.3 Å². The number of hydrogen-bond acceptors (Lipinski definition) is 5. The van der Waals surface area contributed by atoms with Gasteiger partial charge in [-0.25, -0.2) is 0 Å². The molecule has 3 aromatic carbocycles. The molecule has 244 valence electrons. The Bertz CT molecular complexity index is 1490. The van der Waals surface area contributed by atoms with Crippen LogP contribution >= 0.6 is 0 Å². The molecule has 0 aliphatic carbocycles. The van der Waals surface area contributed by atoms with Gasteiger partial charge in [-0.2, -0.15) is 0 Å². The number of ether oxygens (including phenoxy) is 1. The zero-order chi connectivity index (χ0) is 33.3. The molecular weight excluding hydrogens is 574 g/mol. The molecule has 1 aliphatic heterocycles. The van der Waals surface area contributed by atoms with Gasteiger partial charge in [0.25, 0.3) is 0 Å². The Kier molecular flexibility index (Phi) is 11.6. The molecule has 0 bridgehead atoms. The second-order valence-electron chi connectivity index (χ2n) is 13.4. The normalized spacial score (nSPS) is 15.6. The highest BCUT2D eigenvalue weighted by atomic mass is 16.5. The minimum atomic E-state index is -0.714. The largest absolute Gasteiger partial charge is 0.466 e. The van der Waals surface area contributed by atoms with Crippen molar-refractivity contribution in [1.29, 1.82) is 0 Å². The number of carbonyl (C=O) groups excluding carboxylic acids is 3. The number of rotatable bonds is 12. The third kappa shape index (κ3) is 9.16. The van der Waals surface area contributed by atoms with E-state index in [0.717, 1.165) is 27.8 Å². The predicted molar refractivity (Wildman–Crippen MR) is 184 cm³/mol. The molecule has 2 amide bonds. The Morgan fingerprint density at radius 2 is 1.48 bits per heavy atom. The monoisotopic (exact) mass is 623 g/mol. The highest BCUT2D eigenvalue weighted by Crippen LogP contribution is 2.37. The van der Waals surface area contributed by atoms with Gasteiger partial charge in [0.2, 0.25) is 11.8 Å². The summed E-state index contributed by atoms with van der Waals surface area (Å²) >= 11 is 0. The zero-order valence-electron chi connectivity index (χ0n) is 28.0. The van der Waals surface area contributed by atoms with Crippen LogP contribution in [0.25, 0.3) is 11.1 Å². The van der Waals surface area contributed by atoms with Gasteiger partial charge < -0.3 is 20.3 Å². The van der Waals surface area contributed by atoms with Crippen molar-refractivity contribution in [2.24, 2.45) is 11.1 Å². The second kappa shape index (κ2) is 15.4. The van der Waals surface area contributed by atoms with Gasteiger partial charge in [-0.15, -0.1) is 0 Å². The van der Waals surface area contributed by atoms with Gasteiger partial charge in [-0.3, -0.25) is 14.4 Å². The lowest BCUT2D eigenvalue weighted by Gasteiger charge is -2.42. The van der Waals surface area contributed by atoms with Crippen LogP contribution in [-0.4, -0.2) is 65.9 Å². The van der Waals surface area contributed by atoms with E-state index >= 15 is 0 Å². The van der Waals surface area contributed by atoms with E-state index in [2.05, 4.69) is 24.3 Å². The summed E-state index contributed by atoms with van der Waals surface area (Å²) in [6.07, 6.45) is 4.08. The van der Waals surface area contributed by atoms with Gasteiger partial charge in [-0.05, 0) is 75.6 Å². The Morgan fingerprint density at radius 3 is 2.04 bits per heavy atom. The molecule has 2 N–H and O–H groups in total. The van der Waals surface area contributed by atoms with Crippen LogP contribution < -0.4 is 5.73 Å². The van der Waals surface area contributed by atoms with Gasteiger partial charge in [0, 0.05) is 38.2 Å². The number of carbonyl (C=O) groups is 3. The molecule has 1 aliphatic rings. The van der Waals surface area contributed by atoms with Crippen LogP contribution in [0.3, 0.4) is 0 Å².